The smallest absolute Gasteiger partial charge is 0.262 e. The minimum Gasteiger partial charge on any atom is -0.483 e. The molecule has 3 amide bonds. The van der Waals surface area contributed by atoms with Gasteiger partial charge in [0.25, 0.3) is 17.7 Å². The normalized spacial score (nSPS) is 12.6. The fraction of sp³-hybridized carbons (Fsp3) is 0.0625. The van der Waals surface area contributed by atoms with Crippen LogP contribution in [0.1, 0.15) is 20.7 Å². The second-order valence-electron chi connectivity index (χ2n) is 4.78. The van der Waals surface area contributed by atoms with E-state index in [0.717, 1.165) is 4.47 Å². The molecule has 0 saturated carbocycles. The lowest BCUT2D eigenvalue weighted by Crippen LogP contribution is -2.23. The number of fused-ring (bicyclic) bond motifs is 1. The van der Waals surface area contributed by atoms with E-state index < -0.39 is 17.7 Å². The van der Waals surface area contributed by atoms with Gasteiger partial charge in [-0.2, -0.15) is 0 Å². The molecular weight excluding hydrogens is 364 g/mol. The second-order valence-corrected chi connectivity index (χ2v) is 5.63. The number of benzene rings is 2. The number of carbonyl (C=O) groups excluding carboxylic acids is 3. The highest BCUT2D eigenvalue weighted by atomic mass is 79.9. The molecule has 0 aliphatic carbocycles. The zero-order valence-electron chi connectivity index (χ0n) is 11.8. The third-order valence-electron chi connectivity index (χ3n) is 3.23. The standard InChI is InChI=1S/C16H11BrN2O4/c17-10-5-1-2-7-12(10)23-8-13(20)18-11-6-3-4-9-14(11)16(22)19-15(9)21/h1-7H,8H2,(H,18,20)(H,19,21,22). The van der Waals surface area contributed by atoms with Gasteiger partial charge in [-0.05, 0) is 40.2 Å². The lowest BCUT2D eigenvalue weighted by atomic mass is 10.1. The molecule has 3 rings (SSSR count). The highest BCUT2D eigenvalue weighted by molar-refractivity contribution is 9.10. The Morgan fingerprint density at radius 1 is 1.09 bits per heavy atom. The first-order chi connectivity index (χ1) is 11.1. The third-order valence-corrected chi connectivity index (χ3v) is 3.89. The van der Waals surface area contributed by atoms with Crippen LogP contribution in [0.25, 0.3) is 0 Å². The SMILES string of the molecule is O=C(COc1ccccc1Br)Nc1cccc2c1C(=O)NC2=O. The van der Waals surface area contributed by atoms with E-state index in [-0.39, 0.29) is 23.4 Å². The van der Waals surface area contributed by atoms with Crippen LogP contribution in [0, 0.1) is 0 Å². The lowest BCUT2D eigenvalue weighted by Gasteiger charge is -2.10. The Morgan fingerprint density at radius 3 is 2.65 bits per heavy atom. The quantitative estimate of drug-likeness (QED) is 0.804. The van der Waals surface area contributed by atoms with Crippen molar-refractivity contribution in [3.8, 4) is 5.75 Å². The molecule has 1 aliphatic rings. The van der Waals surface area contributed by atoms with Gasteiger partial charge in [0.2, 0.25) is 0 Å². The number of carbonyl (C=O) groups is 3. The molecule has 2 N–H and O–H groups in total. The van der Waals surface area contributed by atoms with Crippen molar-refractivity contribution in [2.75, 3.05) is 11.9 Å². The molecule has 0 bridgehead atoms. The Balaban J connectivity index is 1.71. The van der Waals surface area contributed by atoms with E-state index in [1.54, 1.807) is 30.3 Å². The van der Waals surface area contributed by atoms with Crippen LogP contribution in [-0.4, -0.2) is 24.3 Å². The van der Waals surface area contributed by atoms with Crippen LogP contribution in [0.4, 0.5) is 5.69 Å². The van der Waals surface area contributed by atoms with Gasteiger partial charge in [-0.15, -0.1) is 0 Å². The van der Waals surface area contributed by atoms with Crippen LogP contribution < -0.4 is 15.4 Å². The summed E-state index contributed by atoms with van der Waals surface area (Å²) in [6.07, 6.45) is 0. The Morgan fingerprint density at radius 2 is 1.87 bits per heavy atom. The van der Waals surface area contributed by atoms with Crippen molar-refractivity contribution in [1.29, 1.82) is 0 Å². The van der Waals surface area contributed by atoms with Crippen molar-refractivity contribution in [3.05, 3.63) is 58.1 Å². The molecule has 7 heteroatoms. The van der Waals surface area contributed by atoms with Crippen molar-refractivity contribution >= 4 is 39.3 Å². The number of imide groups is 1. The number of hydrogen-bond donors (Lipinski definition) is 2. The largest absolute Gasteiger partial charge is 0.483 e. The van der Waals surface area contributed by atoms with Gasteiger partial charge in [0, 0.05) is 0 Å². The lowest BCUT2D eigenvalue weighted by molar-refractivity contribution is -0.118. The molecule has 0 saturated heterocycles. The molecule has 0 unspecified atom stereocenters. The number of nitrogens with one attached hydrogen (secondary N) is 2. The summed E-state index contributed by atoms with van der Waals surface area (Å²) in [5.41, 5.74) is 0.706. The summed E-state index contributed by atoms with van der Waals surface area (Å²) in [6, 6.07) is 11.8. The van der Waals surface area contributed by atoms with Crippen molar-refractivity contribution in [2.45, 2.75) is 0 Å². The van der Waals surface area contributed by atoms with Gasteiger partial charge in [0.1, 0.15) is 5.75 Å². The summed E-state index contributed by atoms with van der Waals surface area (Å²) in [7, 11) is 0. The van der Waals surface area contributed by atoms with Gasteiger partial charge in [0.15, 0.2) is 6.61 Å². The summed E-state index contributed by atoms with van der Waals surface area (Å²) < 4.78 is 6.15. The van der Waals surface area contributed by atoms with Crippen LogP contribution >= 0.6 is 15.9 Å². The zero-order chi connectivity index (χ0) is 16.4. The molecule has 1 heterocycles. The summed E-state index contributed by atoms with van der Waals surface area (Å²) in [4.78, 5) is 35.4. The van der Waals surface area contributed by atoms with Crippen LogP contribution in [0.15, 0.2) is 46.9 Å². The second kappa shape index (κ2) is 6.21. The van der Waals surface area contributed by atoms with E-state index >= 15 is 0 Å². The van der Waals surface area contributed by atoms with E-state index in [4.69, 9.17) is 4.74 Å². The van der Waals surface area contributed by atoms with Gasteiger partial charge in [-0.1, -0.05) is 18.2 Å². The van der Waals surface area contributed by atoms with E-state index in [1.165, 1.54) is 6.07 Å². The zero-order valence-corrected chi connectivity index (χ0v) is 13.3. The number of para-hydroxylation sites is 1. The predicted molar refractivity (Wildman–Crippen MR) is 86.5 cm³/mol. The van der Waals surface area contributed by atoms with E-state index in [9.17, 15) is 14.4 Å². The molecule has 0 fully saturated rings. The maximum atomic E-state index is 12.0. The monoisotopic (exact) mass is 374 g/mol. The topological polar surface area (TPSA) is 84.5 Å². The number of amides is 3. The van der Waals surface area contributed by atoms with Crippen LogP contribution in [-0.2, 0) is 4.79 Å². The summed E-state index contributed by atoms with van der Waals surface area (Å²) in [5.74, 6) is -0.881. The predicted octanol–water partition coefficient (Wildman–Crippen LogP) is 2.35. The highest BCUT2D eigenvalue weighted by Crippen LogP contribution is 2.25. The van der Waals surface area contributed by atoms with Crippen molar-refractivity contribution in [1.82, 2.24) is 5.32 Å². The number of ether oxygens (including phenoxy) is 1. The van der Waals surface area contributed by atoms with E-state index in [0.29, 0.717) is 5.75 Å². The number of anilines is 1. The minimum absolute atomic E-state index is 0.173. The number of hydrogen-bond acceptors (Lipinski definition) is 4. The summed E-state index contributed by atoms with van der Waals surface area (Å²) >= 11 is 3.32. The average Bonchev–Trinajstić information content (AvgIpc) is 2.82. The summed E-state index contributed by atoms with van der Waals surface area (Å²) in [6.45, 7) is -0.220. The Labute approximate surface area is 140 Å². The number of rotatable bonds is 4. The van der Waals surface area contributed by atoms with Gasteiger partial charge in [-0.3, -0.25) is 19.7 Å². The van der Waals surface area contributed by atoms with Crippen molar-refractivity contribution in [3.63, 3.8) is 0 Å². The molecule has 0 radical (unpaired) electrons. The molecule has 23 heavy (non-hydrogen) atoms. The van der Waals surface area contributed by atoms with E-state index in [2.05, 4.69) is 26.6 Å². The molecule has 2 aromatic rings. The Bertz CT molecular complexity index is 819. The highest BCUT2D eigenvalue weighted by Gasteiger charge is 2.29. The van der Waals surface area contributed by atoms with Gasteiger partial charge >= 0.3 is 0 Å². The number of halogens is 1. The maximum Gasteiger partial charge on any atom is 0.262 e. The van der Waals surface area contributed by atoms with E-state index in [1.807, 2.05) is 6.07 Å². The van der Waals surface area contributed by atoms with Crippen LogP contribution in [0.3, 0.4) is 0 Å². The molecule has 0 spiro atoms. The molecule has 6 nitrogen and oxygen atoms in total. The molecule has 2 aromatic carbocycles. The molecule has 0 atom stereocenters. The fourth-order valence-electron chi connectivity index (χ4n) is 2.21. The maximum absolute atomic E-state index is 12.0. The average molecular weight is 375 g/mol. The van der Waals surface area contributed by atoms with Crippen LogP contribution in [0.5, 0.6) is 5.75 Å². The molecule has 0 aromatic heterocycles. The molecular formula is C16H11BrN2O4. The van der Waals surface area contributed by atoms with Gasteiger partial charge in [0.05, 0.1) is 21.3 Å². The van der Waals surface area contributed by atoms with Crippen molar-refractivity contribution in [2.24, 2.45) is 0 Å². The Hall–Kier alpha value is -2.67. The minimum atomic E-state index is -0.521. The molecule has 116 valence electrons. The first-order valence-electron chi connectivity index (χ1n) is 6.72. The van der Waals surface area contributed by atoms with Gasteiger partial charge in [-0.25, -0.2) is 0 Å². The van der Waals surface area contributed by atoms with Gasteiger partial charge < -0.3 is 10.1 Å². The van der Waals surface area contributed by atoms with Crippen LogP contribution in [0.2, 0.25) is 0 Å². The summed E-state index contributed by atoms with van der Waals surface area (Å²) in [5, 5.41) is 4.79. The fourth-order valence-corrected chi connectivity index (χ4v) is 2.61. The first kappa shape index (κ1) is 15.2. The van der Waals surface area contributed by atoms with Crippen molar-refractivity contribution < 1.29 is 19.1 Å². The first-order valence-corrected chi connectivity index (χ1v) is 7.51. The molecule has 1 aliphatic heterocycles. The third kappa shape index (κ3) is 3.09. The Kier molecular flexibility index (Phi) is 4.12.